The number of quaternary nitrogens is 1. The number of carbonyl (C=O) groups is 3. The number of nitrogens with zero attached hydrogens (tertiary/aromatic N) is 1. The number of ether oxygens (including phenoxy) is 3. The van der Waals surface area contributed by atoms with Gasteiger partial charge in [-0.3, -0.25) is 9.59 Å². The second-order valence-corrected chi connectivity index (χ2v) is 18.4. The van der Waals surface area contributed by atoms with Crippen LogP contribution in [0.3, 0.4) is 0 Å². The van der Waals surface area contributed by atoms with Crippen molar-refractivity contribution in [2.75, 3.05) is 41.0 Å². The highest BCUT2D eigenvalue weighted by Gasteiger charge is 2.31. The Hall–Kier alpha value is -2.19. The van der Waals surface area contributed by atoms with Crippen molar-refractivity contribution in [1.82, 2.24) is 0 Å². The Balaban J connectivity index is 4.24. The number of aliphatic carboxylic acids is 1. The standard InChI is InChI=1S/C52H97NO7/c1-6-8-10-12-14-16-18-20-22-24-25-27-29-31-33-35-37-39-41-43-51(55)60-48(46-58-45-44-49(52(56)57)53(3,4)5)47-59-50(54)42-40-38-36-34-32-30-28-26-23-21-19-17-15-13-11-9-7-2/h15,17,21,23,48-49H,6-14,16,18-20,22,24-47H2,1-5H3/p+1/b17-15+,23-21+. The van der Waals surface area contributed by atoms with Crippen molar-refractivity contribution in [2.45, 2.75) is 251 Å². The number of unbranched alkanes of at least 4 members (excludes halogenated alkanes) is 28. The predicted molar refractivity (Wildman–Crippen MR) is 252 cm³/mol. The lowest BCUT2D eigenvalue weighted by atomic mass is 10.0. The lowest BCUT2D eigenvalue weighted by Crippen LogP contribution is -2.50. The van der Waals surface area contributed by atoms with Gasteiger partial charge in [-0.05, 0) is 44.9 Å². The summed E-state index contributed by atoms with van der Waals surface area (Å²) in [5.41, 5.74) is 0. The van der Waals surface area contributed by atoms with E-state index < -0.39 is 18.1 Å². The quantitative estimate of drug-likeness (QED) is 0.0282. The van der Waals surface area contributed by atoms with Gasteiger partial charge in [-0.2, -0.15) is 0 Å². The number of carboxylic acid groups (broad SMARTS) is 1. The van der Waals surface area contributed by atoms with Crippen molar-refractivity contribution in [1.29, 1.82) is 0 Å². The molecule has 0 spiro atoms. The zero-order chi connectivity index (χ0) is 44.2. The molecular formula is C52H98NO7+. The number of allylic oxidation sites excluding steroid dienone is 4. The molecule has 1 N–H and O–H groups in total. The van der Waals surface area contributed by atoms with E-state index in [1.165, 1.54) is 154 Å². The minimum Gasteiger partial charge on any atom is -0.477 e. The zero-order valence-corrected chi connectivity index (χ0v) is 40.2. The van der Waals surface area contributed by atoms with Crippen LogP contribution in [0.5, 0.6) is 0 Å². The molecule has 0 saturated heterocycles. The van der Waals surface area contributed by atoms with E-state index >= 15 is 0 Å². The Kier molecular flexibility index (Phi) is 41.9. The zero-order valence-electron chi connectivity index (χ0n) is 40.2. The Morgan fingerprint density at radius 1 is 0.500 bits per heavy atom. The highest BCUT2D eigenvalue weighted by molar-refractivity contribution is 5.72. The van der Waals surface area contributed by atoms with Gasteiger partial charge in [0.2, 0.25) is 0 Å². The minimum absolute atomic E-state index is 0.0504. The molecule has 0 heterocycles. The van der Waals surface area contributed by atoms with Crippen LogP contribution in [0.15, 0.2) is 24.3 Å². The molecule has 0 aromatic heterocycles. The lowest BCUT2D eigenvalue weighted by Gasteiger charge is -2.31. The van der Waals surface area contributed by atoms with E-state index in [2.05, 4.69) is 38.2 Å². The molecule has 8 heteroatoms. The molecule has 8 nitrogen and oxygen atoms in total. The molecule has 0 bridgehead atoms. The molecule has 0 amide bonds. The van der Waals surface area contributed by atoms with Gasteiger partial charge in [-0.15, -0.1) is 0 Å². The summed E-state index contributed by atoms with van der Waals surface area (Å²) in [6.07, 6.45) is 49.3. The van der Waals surface area contributed by atoms with Gasteiger partial charge < -0.3 is 23.8 Å². The second-order valence-electron chi connectivity index (χ2n) is 18.4. The van der Waals surface area contributed by atoms with Gasteiger partial charge in [-0.25, -0.2) is 4.79 Å². The van der Waals surface area contributed by atoms with Crippen LogP contribution >= 0.6 is 0 Å². The van der Waals surface area contributed by atoms with Crippen molar-refractivity contribution < 1.29 is 38.2 Å². The van der Waals surface area contributed by atoms with Gasteiger partial charge in [0.1, 0.15) is 6.61 Å². The third kappa shape index (κ3) is 41.2. The summed E-state index contributed by atoms with van der Waals surface area (Å²) in [6, 6.07) is -0.613. The normalized spacial score (nSPS) is 13.0. The molecule has 0 aliphatic heterocycles. The number of carboxylic acids is 1. The van der Waals surface area contributed by atoms with Crippen molar-refractivity contribution in [3.8, 4) is 0 Å². The van der Waals surface area contributed by atoms with Gasteiger partial charge in [-0.1, -0.05) is 199 Å². The van der Waals surface area contributed by atoms with E-state index in [-0.39, 0.29) is 36.2 Å². The van der Waals surface area contributed by atoms with Gasteiger partial charge in [0.05, 0.1) is 34.4 Å². The summed E-state index contributed by atoms with van der Waals surface area (Å²) < 4.78 is 17.4. The largest absolute Gasteiger partial charge is 0.477 e. The van der Waals surface area contributed by atoms with Crippen LogP contribution in [0.25, 0.3) is 0 Å². The highest BCUT2D eigenvalue weighted by Crippen LogP contribution is 2.16. The maximum absolute atomic E-state index is 12.8. The first-order chi connectivity index (χ1) is 29.1. The van der Waals surface area contributed by atoms with Crippen LogP contribution in [-0.2, 0) is 28.6 Å². The van der Waals surface area contributed by atoms with Crippen LogP contribution in [0.1, 0.15) is 239 Å². The topological polar surface area (TPSA) is 99.1 Å². The molecule has 0 radical (unpaired) electrons. The molecule has 2 atom stereocenters. The minimum atomic E-state index is -0.873. The maximum atomic E-state index is 12.8. The fraction of sp³-hybridized carbons (Fsp3) is 0.865. The smallest absolute Gasteiger partial charge is 0.362 e. The first-order valence-electron chi connectivity index (χ1n) is 25.4. The number of rotatable bonds is 46. The molecule has 60 heavy (non-hydrogen) atoms. The molecule has 0 aromatic carbocycles. The summed E-state index contributed by atoms with van der Waals surface area (Å²) in [5.74, 6) is -1.46. The van der Waals surface area contributed by atoms with Gasteiger partial charge in [0.25, 0.3) is 0 Å². The third-order valence-electron chi connectivity index (χ3n) is 11.6. The van der Waals surface area contributed by atoms with Crippen LogP contribution in [0.4, 0.5) is 0 Å². The monoisotopic (exact) mass is 849 g/mol. The van der Waals surface area contributed by atoms with Crippen LogP contribution in [0.2, 0.25) is 0 Å². The summed E-state index contributed by atoms with van der Waals surface area (Å²) in [6.45, 7) is 4.74. The van der Waals surface area contributed by atoms with E-state index in [1.54, 1.807) is 0 Å². The molecule has 0 saturated carbocycles. The molecule has 0 fully saturated rings. The van der Waals surface area contributed by atoms with Crippen molar-refractivity contribution in [3.05, 3.63) is 24.3 Å². The van der Waals surface area contributed by atoms with E-state index in [0.717, 1.165) is 51.4 Å². The third-order valence-corrected chi connectivity index (χ3v) is 11.6. The van der Waals surface area contributed by atoms with Crippen molar-refractivity contribution in [3.63, 3.8) is 0 Å². The molecule has 0 aromatic rings. The molecule has 0 rings (SSSR count). The average molecular weight is 849 g/mol. The first-order valence-corrected chi connectivity index (χ1v) is 25.4. The fourth-order valence-electron chi connectivity index (χ4n) is 7.65. The second kappa shape index (κ2) is 43.5. The Morgan fingerprint density at radius 3 is 1.32 bits per heavy atom. The SMILES string of the molecule is CCCCC/C=C/C/C=C/CCCCCCCCCC(=O)OCC(COCCC(C(=O)O)[N+](C)(C)C)OC(=O)CCCCCCCCCCCCCCCCCCCCC. The number of hydrogen-bond donors (Lipinski definition) is 1. The Labute approximate surface area is 371 Å². The maximum Gasteiger partial charge on any atom is 0.362 e. The van der Waals surface area contributed by atoms with Gasteiger partial charge >= 0.3 is 17.9 Å². The van der Waals surface area contributed by atoms with Gasteiger partial charge in [0, 0.05) is 19.3 Å². The number of carbonyl (C=O) groups excluding carboxylic acids is 2. The van der Waals surface area contributed by atoms with Crippen molar-refractivity contribution in [2.24, 2.45) is 0 Å². The summed E-state index contributed by atoms with van der Waals surface area (Å²) in [4.78, 5) is 37.1. The van der Waals surface area contributed by atoms with Crippen LogP contribution in [-0.4, -0.2) is 80.6 Å². The highest BCUT2D eigenvalue weighted by atomic mass is 16.6. The predicted octanol–water partition coefficient (Wildman–Crippen LogP) is 14.4. The average Bonchev–Trinajstić information content (AvgIpc) is 3.21. The van der Waals surface area contributed by atoms with Crippen molar-refractivity contribution >= 4 is 17.9 Å². The summed E-state index contributed by atoms with van der Waals surface area (Å²) in [7, 11) is 5.54. The van der Waals surface area contributed by atoms with Crippen LogP contribution in [0, 0.1) is 0 Å². The number of likely N-dealkylation sites (N-methyl/N-ethyl adjacent to an activating group) is 1. The Bertz CT molecular complexity index is 1040. The number of esters is 2. The van der Waals surface area contributed by atoms with E-state index in [9.17, 15) is 19.5 Å². The summed E-state index contributed by atoms with van der Waals surface area (Å²) in [5, 5.41) is 9.65. The molecule has 2 unspecified atom stereocenters. The summed E-state index contributed by atoms with van der Waals surface area (Å²) >= 11 is 0. The fourth-order valence-corrected chi connectivity index (χ4v) is 7.65. The Morgan fingerprint density at radius 2 is 0.883 bits per heavy atom. The first kappa shape index (κ1) is 57.8. The molecule has 352 valence electrons. The van der Waals surface area contributed by atoms with Gasteiger partial charge in [0.15, 0.2) is 12.1 Å². The van der Waals surface area contributed by atoms with Crippen LogP contribution < -0.4 is 0 Å². The number of hydrogen-bond acceptors (Lipinski definition) is 6. The lowest BCUT2D eigenvalue weighted by molar-refractivity contribution is -0.887. The van der Waals surface area contributed by atoms with E-state index in [4.69, 9.17) is 14.2 Å². The van der Waals surface area contributed by atoms with E-state index in [0.29, 0.717) is 19.3 Å². The molecule has 0 aliphatic rings. The van der Waals surface area contributed by atoms with E-state index in [1.807, 2.05) is 21.1 Å². The molecular weight excluding hydrogens is 751 g/mol. The molecule has 0 aliphatic carbocycles.